The van der Waals surface area contributed by atoms with Gasteiger partial charge in [0, 0.05) is 17.1 Å². The number of aryl methyl sites for hydroxylation is 1. The van der Waals surface area contributed by atoms with Crippen molar-refractivity contribution in [3.8, 4) is 0 Å². The lowest BCUT2D eigenvalue weighted by molar-refractivity contribution is -0.892. The summed E-state index contributed by atoms with van der Waals surface area (Å²) >= 11 is 1.75. The van der Waals surface area contributed by atoms with Crippen LogP contribution in [0.1, 0.15) is 10.4 Å². The van der Waals surface area contributed by atoms with E-state index in [1.807, 2.05) is 0 Å². The molecule has 1 aliphatic rings. The van der Waals surface area contributed by atoms with E-state index in [1.54, 1.807) is 11.3 Å². The first-order valence-corrected chi connectivity index (χ1v) is 9.53. The van der Waals surface area contributed by atoms with Gasteiger partial charge >= 0.3 is 0 Å². The van der Waals surface area contributed by atoms with E-state index in [0.717, 1.165) is 39.1 Å². The number of quaternary nitrogens is 1. The molecule has 1 fully saturated rings. The minimum atomic E-state index is 0.172. The maximum atomic E-state index is 12.1. The number of nitrogens with one attached hydrogen (secondary N) is 2. The fraction of sp³-hybridized carbons (Fsp3) is 0.421. The molecule has 1 saturated heterocycles. The highest BCUT2D eigenvalue weighted by Gasteiger charge is 2.22. The van der Waals surface area contributed by atoms with Crippen molar-refractivity contribution in [3.63, 3.8) is 0 Å². The Bertz CT molecular complexity index is 648. The lowest BCUT2D eigenvalue weighted by Gasteiger charge is -2.34. The van der Waals surface area contributed by atoms with Crippen molar-refractivity contribution in [2.45, 2.75) is 13.3 Å². The fourth-order valence-electron chi connectivity index (χ4n) is 3.23. The molecule has 0 spiro atoms. The first-order valence-electron chi connectivity index (χ1n) is 8.65. The zero-order valence-corrected chi connectivity index (χ0v) is 15.1. The van der Waals surface area contributed by atoms with Crippen molar-refractivity contribution >= 4 is 22.9 Å². The van der Waals surface area contributed by atoms with Gasteiger partial charge in [0.05, 0.1) is 26.2 Å². The summed E-state index contributed by atoms with van der Waals surface area (Å²) in [5.74, 6) is 0.172. The Balaban J connectivity index is 1.39. The van der Waals surface area contributed by atoms with Crippen LogP contribution in [0.3, 0.4) is 0 Å². The molecule has 128 valence electrons. The predicted molar refractivity (Wildman–Crippen MR) is 100.0 cm³/mol. The van der Waals surface area contributed by atoms with E-state index in [1.165, 1.54) is 21.0 Å². The second-order valence-electron chi connectivity index (χ2n) is 6.38. The average molecular weight is 345 g/mol. The number of hydrogen-bond donors (Lipinski definition) is 2. The molecule has 1 amide bonds. The summed E-state index contributed by atoms with van der Waals surface area (Å²) in [5.41, 5.74) is 2.66. The minimum Gasteiger partial charge on any atom is -0.360 e. The van der Waals surface area contributed by atoms with Crippen molar-refractivity contribution < 1.29 is 9.69 Å². The van der Waals surface area contributed by atoms with Gasteiger partial charge in [-0.2, -0.15) is 0 Å². The topological polar surface area (TPSA) is 36.8 Å². The summed E-state index contributed by atoms with van der Waals surface area (Å²) in [5, 5.41) is 5.13. The van der Waals surface area contributed by atoms with E-state index in [4.69, 9.17) is 0 Å². The predicted octanol–water partition coefficient (Wildman–Crippen LogP) is 1.12. The van der Waals surface area contributed by atoms with Gasteiger partial charge in [0.25, 0.3) is 5.91 Å². The highest BCUT2D eigenvalue weighted by atomic mass is 32.1. The zero-order valence-electron chi connectivity index (χ0n) is 14.3. The van der Waals surface area contributed by atoms with E-state index >= 15 is 0 Å². The van der Waals surface area contributed by atoms with Crippen LogP contribution in [0.2, 0.25) is 0 Å². The Labute approximate surface area is 148 Å². The van der Waals surface area contributed by atoms with Crippen LogP contribution in [0.15, 0.2) is 41.8 Å². The number of thiophene rings is 1. The number of amides is 1. The summed E-state index contributed by atoms with van der Waals surface area (Å²) in [4.78, 5) is 17.3. The van der Waals surface area contributed by atoms with Crippen LogP contribution in [0.4, 0.5) is 5.69 Å². The van der Waals surface area contributed by atoms with Gasteiger partial charge in [-0.05, 0) is 36.4 Å². The first kappa shape index (κ1) is 17.0. The summed E-state index contributed by atoms with van der Waals surface area (Å²) in [6.45, 7) is 7.56. The van der Waals surface area contributed by atoms with Crippen LogP contribution >= 0.6 is 11.3 Å². The minimum absolute atomic E-state index is 0.172. The second kappa shape index (κ2) is 8.31. The van der Waals surface area contributed by atoms with Gasteiger partial charge in [-0.3, -0.25) is 4.79 Å². The summed E-state index contributed by atoms with van der Waals surface area (Å²) in [6.07, 6.45) is 0.930. The zero-order chi connectivity index (χ0) is 16.8. The molecule has 2 aromatic rings. The lowest BCUT2D eigenvalue weighted by Crippen LogP contribution is -3.16. The van der Waals surface area contributed by atoms with Crippen LogP contribution in [-0.2, 0) is 11.2 Å². The van der Waals surface area contributed by atoms with Gasteiger partial charge < -0.3 is 15.1 Å². The number of carbonyl (C=O) groups is 1. The Morgan fingerprint density at radius 2 is 2.00 bits per heavy atom. The third-order valence-corrected chi connectivity index (χ3v) is 5.55. The summed E-state index contributed by atoms with van der Waals surface area (Å²) < 4.78 is 0. The largest absolute Gasteiger partial charge is 0.360 e. The SMILES string of the molecule is Cc1ccccc1N1CC[NH+](CC(=O)NCCc2cccs2)CC1. The van der Waals surface area contributed by atoms with Gasteiger partial charge in [0.15, 0.2) is 6.54 Å². The Hall–Kier alpha value is -1.85. The molecular formula is C19H26N3OS+. The fourth-order valence-corrected chi connectivity index (χ4v) is 3.94. The Morgan fingerprint density at radius 1 is 1.21 bits per heavy atom. The number of nitrogens with zero attached hydrogens (tertiary/aromatic N) is 1. The molecule has 24 heavy (non-hydrogen) atoms. The Kier molecular flexibility index (Phi) is 5.88. The van der Waals surface area contributed by atoms with E-state index in [9.17, 15) is 4.79 Å². The molecule has 5 heteroatoms. The number of rotatable bonds is 6. The van der Waals surface area contributed by atoms with Crippen molar-refractivity contribution in [2.24, 2.45) is 0 Å². The summed E-state index contributed by atoms with van der Waals surface area (Å²) in [7, 11) is 0. The Morgan fingerprint density at radius 3 is 2.71 bits per heavy atom. The maximum absolute atomic E-state index is 12.1. The molecule has 4 nitrogen and oxygen atoms in total. The first-order chi connectivity index (χ1) is 11.7. The van der Waals surface area contributed by atoms with E-state index in [-0.39, 0.29) is 5.91 Å². The van der Waals surface area contributed by atoms with Crippen molar-refractivity contribution in [1.29, 1.82) is 0 Å². The third kappa shape index (κ3) is 4.58. The molecule has 2 heterocycles. The van der Waals surface area contributed by atoms with Gasteiger partial charge in [-0.15, -0.1) is 11.3 Å². The van der Waals surface area contributed by atoms with Crippen LogP contribution in [0, 0.1) is 6.92 Å². The molecule has 0 bridgehead atoms. The molecule has 2 N–H and O–H groups in total. The lowest BCUT2D eigenvalue weighted by atomic mass is 10.1. The number of piperazine rings is 1. The molecule has 0 saturated carbocycles. The normalized spacial score (nSPS) is 15.5. The smallest absolute Gasteiger partial charge is 0.275 e. The van der Waals surface area contributed by atoms with Gasteiger partial charge in [-0.1, -0.05) is 24.3 Å². The molecule has 0 unspecified atom stereocenters. The van der Waals surface area contributed by atoms with Crippen LogP contribution < -0.4 is 15.1 Å². The molecular weight excluding hydrogens is 318 g/mol. The maximum Gasteiger partial charge on any atom is 0.275 e. The van der Waals surface area contributed by atoms with Crippen LogP contribution in [0.5, 0.6) is 0 Å². The van der Waals surface area contributed by atoms with Crippen LogP contribution in [0.25, 0.3) is 0 Å². The highest BCUT2D eigenvalue weighted by Crippen LogP contribution is 2.18. The molecule has 0 aliphatic carbocycles. The molecule has 3 rings (SSSR count). The third-order valence-electron chi connectivity index (χ3n) is 4.61. The van der Waals surface area contributed by atoms with E-state index in [2.05, 4.69) is 58.9 Å². The average Bonchev–Trinajstić information content (AvgIpc) is 3.10. The van der Waals surface area contributed by atoms with Gasteiger partial charge in [0.1, 0.15) is 0 Å². The molecule has 1 aromatic heterocycles. The van der Waals surface area contributed by atoms with E-state index < -0.39 is 0 Å². The quantitative estimate of drug-likeness (QED) is 0.824. The molecule has 1 aliphatic heterocycles. The number of para-hydroxylation sites is 1. The monoisotopic (exact) mass is 344 g/mol. The highest BCUT2D eigenvalue weighted by molar-refractivity contribution is 7.09. The molecule has 0 atom stereocenters. The number of hydrogen-bond acceptors (Lipinski definition) is 3. The van der Waals surface area contributed by atoms with E-state index in [0.29, 0.717) is 6.54 Å². The summed E-state index contributed by atoms with van der Waals surface area (Å²) in [6, 6.07) is 12.7. The second-order valence-corrected chi connectivity index (χ2v) is 7.41. The van der Waals surface area contributed by atoms with Crippen LogP contribution in [-0.4, -0.2) is 45.2 Å². The van der Waals surface area contributed by atoms with Gasteiger partial charge in [0.2, 0.25) is 0 Å². The van der Waals surface area contributed by atoms with Crippen molar-refractivity contribution in [2.75, 3.05) is 44.2 Å². The van der Waals surface area contributed by atoms with Crippen molar-refractivity contribution in [3.05, 3.63) is 52.2 Å². The number of anilines is 1. The number of benzene rings is 1. The molecule has 0 radical (unpaired) electrons. The van der Waals surface area contributed by atoms with Crippen molar-refractivity contribution in [1.82, 2.24) is 5.32 Å². The number of carbonyl (C=O) groups excluding carboxylic acids is 1. The standard InChI is InChI=1S/C19H25N3OS/c1-16-5-2-3-7-18(16)22-12-10-21(11-13-22)15-19(23)20-9-8-17-6-4-14-24-17/h2-7,14H,8-13,15H2,1H3,(H,20,23)/p+1. The van der Waals surface area contributed by atoms with Gasteiger partial charge in [-0.25, -0.2) is 0 Å². The molecule has 1 aromatic carbocycles.